The van der Waals surface area contributed by atoms with Crippen LogP contribution in [0.5, 0.6) is 0 Å². The SMILES string of the molecule is CC(C)CC(C)Nc1nnc(C(F)(F)F)s1. The van der Waals surface area contributed by atoms with Gasteiger partial charge in [0.2, 0.25) is 10.1 Å². The summed E-state index contributed by atoms with van der Waals surface area (Å²) in [5, 5.41) is 8.79. The minimum absolute atomic E-state index is 0.0917. The number of hydrogen-bond acceptors (Lipinski definition) is 4. The van der Waals surface area contributed by atoms with Crippen LogP contribution < -0.4 is 5.32 Å². The van der Waals surface area contributed by atoms with Gasteiger partial charge < -0.3 is 5.32 Å². The van der Waals surface area contributed by atoms with E-state index in [9.17, 15) is 13.2 Å². The van der Waals surface area contributed by atoms with Crippen molar-refractivity contribution in [2.24, 2.45) is 5.92 Å². The summed E-state index contributed by atoms with van der Waals surface area (Å²) in [4.78, 5) is 0. The zero-order chi connectivity index (χ0) is 12.3. The number of alkyl halides is 3. The molecule has 0 radical (unpaired) electrons. The maximum atomic E-state index is 12.2. The normalized spacial score (nSPS) is 14.2. The molecule has 92 valence electrons. The molecule has 1 unspecified atom stereocenters. The lowest BCUT2D eigenvalue weighted by Gasteiger charge is -2.14. The minimum atomic E-state index is -4.40. The maximum Gasteiger partial charge on any atom is 0.445 e. The highest BCUT2D eigenvalue weighted by molar-refractivity contribution is 7.15. The summed E-state index contributed by atoms with van der Waals surface area (Å²) >= 11 is 0.537. The monoisotopic (exact) mass is 253 g/mol. The summed E-state index contributed by atoms with van der Waals surface area (Å²) in [5.41, 5.74) is 0. The standard InChI is InChI=1S/C9H14F3N3S/c1-5(2)4-6(3)13-8-15-14-7(16-8)9(10,11)12/h5-6H,4H2,1-3H3,(H,13,15). The average Bonchev–Trinajstić information content (AvgIpc) is 2.49. The molecule has 1 atom stereocenters. The van der Waals surface area contributed by atoms with Crippen molar-refractivity contribution in [1.82, 2.24) is 10.2 Å². The van der Waals surface area contributed by atoms with E-state index in [4.69, 9.17) is 0 Å². The van der Waals surface area contributed by atoms with Crippen molar-refractivity contribution in [2.75, 3.05) is 5.32 Å². The minimum Gasteiger partial charge on any atom is -0.358 e. The number of halogens is 3. The lowest BCUT2D eigenvalue weighted by Crippen LogP contribution is -2.17. The van der Waals surface area contributed by atoms with Crippen LogP contribution in [-0.4, -0.2) is 16.2 Å². The van der Waals surface area contributed by atoms with Crippen LogP contribution in [0.15, 0.2) is 0 Å². The van der Waals surface area contributed by atoms with E-state index in [1.165, 1.54) is 0 Å². The highest BCUT2D eigenvalue weighted by Crippen LogP contribution is 2.33. The molecule has 0 aliphatic carbocycles. The molecular weight excluding hydrogens is 239 g/mol. The van der Waals surface area contributed by atoms with Crippen molar-refractivity contribution < 1.29 is 13.2 Å². The molecule has 0 aliphatic rings. The van der Waals surface area contributed by atoms with Gasteiger partial charge in [-0.05, 0) is 19.3 Å². The molecule has 3 nitrogen and oxygen atoms in total. The molecule has 1 aromatic heterocycles. The molecule has 0 fully saturated rings. The van der Waals surface area contributed by atoms with Crippen molar-refractivity contribution in [1.29, 1.82) is 0 Å². The Morgan fingerprint density at radius 1 is 1.25 bits per heavy atom. The van der Waals surface area contributed by atoms with Gasteiger partial charge in [-0.25, -0.2) is 0 Å². The fourth-order valence-electron chi connectivity index (χ4n) is 1.37. The molecule has 0 spiro atoms. The Morgan fingerprint density at radius 3 is 2.31 bits per heavy atom. The van der Waals surface area contributed by atoms with Gasteiger partial charge in [0.25, 0.3) is 0 Å². The van der Waals surface area contributed by atoms with Crippen LogP contribution in [0.25, 0.3) is 0 Å². The van der Waals surface area contributed by atoms with Crippen LogP contribution >= 0.6 is 11.3 Å². The van der Waals surface area contributed by atoms with E-state index in [1.807, 2.05) is 6.92 Å². The molecule has 0 saturated heterocycles. The van der Waals surface area contributed by atoms with Gasteiger partial charge in [-0.2, -0.15) is 13.2 Å². The van der Waals surface area contributed by atoms with E-state index in [0.717, 1.165) is 6.42 Å². The van der Waals surface area contributed by atoms with Gasteiger partial charge in [-0.1, -0.05) is 25.2 Å². The molecule has 0 aromatic carbocycles. The van der Waals surface area contributed by atoms with Gasteiger partial charge >= 0.3 is 6.18 Å². The quantitative estimate of drug-likeness (QED) is 0.893. The van der Waals surface area contributed by atoms with Crippen LogP contribution in [0.1, 0.15) is 32.2 Å². The summed E-state index contributed by atoms with van der Waals surface area (Å²) in [5.74, 6) is 0.484. The third-order valence-electron chi connectivity index (χ3n) is 1.86. The molecule has 1 rings (SSSR count). The van der Waals surface area contributed by atoms with Gasteiger partial charge in [0.1, 0.15) is 0 Å². The zero-order valence-corrected chi connectivity index (χ0v) is 10.1. The van der Waals surface area contributed by atoms with Gasteiger partial charge in [0.15, 0.2) is 0 Å². The topological polar surface area (TPSA) is 37.8 Å². The molecule has 1 aromatic rings. The number of nitrogens with zero attached hydrogens (tertiary/aromatic N) is 2. The Bertz CT molecular complexity index is 335. The second kappa shape index (κ2) is 4.99. The van der Waals surface area contributed by atoms with Crippen molar-refractivity contribution in [3.63, 3.8) is 0 Å². The lowest BCUT2D eigenvalue weighted by molar-refractivity contribution is -0.138. The second-order valence-corrected chi connectivity index (χ2v) is 5.06. The lowest BCUT2D eigenvalue weighted by atomic mass is 10.1. The number of rotatable bonds is 4. The van der Waals surface area contributed by atoms with Crippen molar-refractivity contribution >= 4 is 16.5 Å². The predicted molar refractivity (Wildman–Crippen MR) is 57.5 cm³/mol. The van der Waals surface area contributed by atoms with E-state index >= 15 is 0 Å². The zero-order valence-electron chi connectivity index (χ0n) is 9.30. The van der Waals surface area contributed by atoms with Crippen molar-refractivity contribution in [2.45, 2.75) is 39.4 Å². The molecule has 7 heteroatoms. The van der Waals surface area contributed by atoms with Crippen LogP contribution in [0.2, 0.25) is 0 Å². The highest BCUT2D eigenvalue weighted by Gasteiger charge is 2.35. The molecule has 16 heavy (non-hydrogen) atoms. The summed E-state index contributed by atoms with van der Waals surface area (Å²) in [6.45, 7) is 6.02. The first-order chi connectivity index (χ1) is 7.29. The second-order valence-electron chi connectivity index (χ2n) is 4.09. The molecule has 0 bridgehead atoms. The van der Waals surface area contributed by atoms with E-state index < -0.39 is 11.2 Å². The Labute approximate surface area is 96.1 Å². The Morgan fingerprint density at radius 2 is 1.88 bits per heavy atom. The smallest absolute Gasteiger partial charge is 0.358 e. The highest BCUT2D eigenvalue weighted by atomic mass is 32.1. The molecule has 0 saturated carbocycles. The first-order valence-corrected chi connectivity index (χ1v) is 5.78. The van der Waals surface area contributed by atoms with E-state index in [0.29, 0.717) is 17.3 Å². The van der Waals surface area contributed by atoms with E-state index in [-0.39, 0.29) is 11.2 Å². The molecule has 1 heterocycles. The van der Waals surface area contributed by atoms with E-state index in [2.05, 4.69) is 29.4 Å². The number of nitrogens with one attached hydrogen (secondary N) is 1. The summed E-state index contributed by atoms with van der Waals surface area (Å²) in [6, 6.07) is 0.0917. The van der Waals surface area contributed by atoms with Gasteiger partial charge in [-0.15, -0.1) is 10.2 Å². The van der Waals surface area contributed by atoms with Crippen molar-refractivity contribution in [3.05, 3.63) is 5.01 Å². The number of aromatic nitrogens is 2. The van der Waals surface area contributed by atoms with Crippen LogP contribution in [-0.2, 0) is 6.18 Å². The summed E-state index contributed by atoms with van der Waals surface area (Å²) in [7, 11) is 0. The largest absolute Gasteiger partial charge is 0.445 e. The third-order valence-corrected chi connectivity index (χ3v) is 2.76. The average molecular weight is 253 g/mol. The Balaban J connectivity index is 2.59. The molecule has 0 aliphatic heterocycles. The van der Waals surface area contributed by atoms with Crippen LogP contribution in [0.4, 0.5) is 18.3 Å². The Kier molecular flexibility index (Phi) is 4.12. The molecule has 0 amide bonds. The Hall–Kier alpha value is -0.850. The van der Waals surface area contributed by atoms with Crippen molar-refractivity contribution in [3.8, 4) is 0 Å². The number of hydrogen-bond donors (Lipinski definition) is 1. The fourth-order valence-corrected chi connectivity index (χ4v) is 2.10. The van der Waals surface area contributed by atoms with Gasteiger partial charge in [0, 0.05) is 6.04 Å². The van der Waals surface area contributed by atoms with E-state index in [1.54, 1.807) is 0 Å². The molecule has 1 N–H and O–H groups in total. The third kappa shape index (κ3) is 3.96. The van der Waals surface area contributed by atoms with Crippen LogP contribution in [0.3, 0.4) is 0 Å². The summed E-state index contributed by atoms with van der Waals surface area (Å²) < 4.78 is 36.7. The first-order valence-electron chi connectivity index (χ1n) is 4.96. The van der Waals surface area contributed by atoms with Gasteiger partial charge in [-0.3, -0.25) is 0 Å². The predicted octanol–water partition coefficient (Wildman–Crippen LogP) is 3.40. The molecular formula is C9H14F3N3S. The first kappa shape index (κ1) is 13.2. The fraction of sp³-hybridized carbons (Fsp3) is 0.778. The number of anilines is 1. The van der Waals surface area contributed by atoms with Crippen LogP contribution in [0, 0.1) is 5.92 Å². The summed E-state index contributed by atoms with van der Waals surface area (Å²) in [6.07, 6.45) is -3.53. The maximum absolute atomic E-state index is 12.2. The van der Waals surface area contributed by atoms with Gasteiger partial charge in [0.05, 0.1) is 0 Å².